The molecule has 1 aromatic carbocycles. The normalized spacial score (nSPS) is 30.5. The van der Waals surface area contributed by atoms with Crippen LogP contribution in [0.15, 0.2) is 12.1 Å². The van der Waals surface area contributed by atoms with Gasteiger partial charge in [-0.15, -0.1) is 0 Å². The fourth-order valence-electron chi connectivity index (χ4n) is 2.06. The summed E-state index contributed by atoms with van der Waals surface area (Å²) in [6.45, 7) is 1.76. The van der Waals surface area contributed by atoms with E-state index in [-0.39, 0.29) is 12.2 Å². The van der Waals surface area contributed by atoms with Crippen molar-refractivity contribution in [3.05, 3.63) is 34.6 Å². The summed E-state index contributed by atoms with van der Waals surface area (Å²) in [5.41, 5.74) is 7.93. The number of halogens is 2. The van der Waals surface area contributed by atoms with Gasteiger partial charge < -0.3 is 5.73 Å². The fourth-order valence-corrected chi connectivity index (χ4v) is 2.44. The van der Waals surface area contributed by atoms with Crippen molar-refractivity contribution in [2.45, 2.75) is 24.8 Å². The van der Waals surface area contributed by atoms with Crippen LogP contribution in [0.2, 0.25) is 0 Å². The summed E-state index contributed by atoms with van der Waals surface area (Å²) in [7, 11) is 2.12. The summed E-state index contributed by atoms with van der Waals surface area (Å²) in [6, 6.07) is 2.10. The van der Waals surface area contributed by atoms with Gasteiger partial charge in [-0.3, -0.25) is 0 Å². The van der Waals surface area contributed by atoms with Gasteiger partial charge in [0.2, 0.25) is 0 Å². The maximum atomic E-state index is 13.8. The first-order valence-electron chi connectivity index (χ1n) is 4.44. The van der Waals surface area contributed by atoms with Crippen LogP contribution >= 0.6 is 9.24 Å². The van der Waals surface area contributed by atoms with Crippen LogP contribution in [0.4, 0.5) is 8.78 Å². The molecule has 0 radical (unpaired) electrons. The van der Waals surface area contributed by atoms with Gasteiger partial charge in [-0.1, -0.05) is 9.24 Å². The highest BCUT2D eigenvalue weighted by molar-refractivity contribution is 7.18. The Labute approximate surface area is 83.9 Å². The van der Waals surface area contributed by atoms with E-state index < -0.39 is 11.5 Å². The van der Waals surface area contributed by atoms with Crippen LogP contribution in [0.25, 0.3) is 0 Å². The summed E-state index contributed by atoms with van der Waals surface area (Å²) in [5, 5.41) is -1.53. The van der Waals surface area contributed by atoms with Crippen molar-refractivity contribution in [2.24, 2.45) is 5.73 Å². The summed E-state index contributed by atoms with van der Waals surface area (Å²) in [5.74, 6) is -0.323. The molecule has 1 aliphatic rings. The molecule has 2 N–H and O–H groups in total. The average Bonchev–Trinajstić information content (AvgIpc) is 2.21. The SMILES string of the molecule is Cc1cc(F)cc2c1C(N)C(F)(P)C2. The Morgan fingerprint density at radius 1 is 1.57 bits per heavy atom. The average molecular weight is 215 g/mol. The van der Waals surface area contributed by atoms with Crippen LogP contribution in [0.5, 0.6) is 0 Å². The Morgan fingerprint density at radius 2 is 2.21 bits per heavy atom. The van der Waals surface area contributed by atoms with Crippen LogP contribution in [-0.2, 0) is 6.42 Å². The summed E-state index contributed by atoms with van der Waals surface area (Å²) in [6.07, 6.45) is 0.173. The van der Waals surface area contributed by atoms with E-state index >= 15 is 0 Å². The second-order valence-corrected chi connectivity index (χ2v) is 4.84. The van der Waals surface area contributed by atoms with E-state index in [0.717, 1.165) is 11.1 Å². The lowest BCUT2D eigenvalue weighted by atomic mass is 10.0. The lowest BCUT2D eigenvalue weighted by Crippen LogP contribution is -2.27. The maximum Gasteiger partial charge on any atom is 0.146 e. The van der Waals surface area contributed by atoms with Gasteiger partial charge in [0.25, 0.3) is 0 Å². The van der Waals surface area contributed by atoms with Crippen LogP contribution in [-0.4, -0.2) is 5.41 Å². The summed E-state index contributed by atoms with van der Waals surface area (Å²) >= 11 is 0. The minimum absolute atomic E-state index is 0.173. The minimum Gasteiger partial charge on any atom is -0.321 e. The zero-order chi connectivity index (χ0) is 10.5. The van der Waals surface area contributed by atoms with Gasteiger partial charge in [-0.25, -0.2) is 8.78 Å². The third-order valence-corrected chi connectivity index (χ3v) is 3.29. The molecule has 0 saturated carbocycles. The molecule has 0 fully saturated rings. The number of alkyl halides is 1. The molecule has 1 aromatic rings. The van der Waals surface area contributed by atoms with Crippen molar-refractivity contribution in [2.75, 3.05) is 0 Å². The Kier molecular flexibility index (Phi) is 2.13. The zero-order valence-corrected chi connectivity index (χ0v) is 9.00. The maximum absolute atomic E-state index is 13.8. The molecular weight excluding hydrogens is 203 g/mol. The highest BCUT2D eigenvalue weighted by Gasteiger charge is 2.41. The molecule has 4 heteroatoms. The number of nitrogens with two attached hydrogens (primary N) is 1. The molecule has 76 valence electrons. The standard InChI is InChI=1S/C10H12F2NP/c1-5-2-7(11)3-6-4-10(12,14)9(13)8(5)6/h2-3,9H,4,13-14H2,1H3. The van der Waals surface area contributed by atoms with Crippen molar-refractivity contribution in [1.29, 1.82) is 0 Å². The first kappa shape index (κ1) is 10.0. The quantitative estimate of drug-likeness (QED) is 0.660. The Hall–Kier alpha value is -0.530. The lowest BCUT2D eigenvalue weighted by Gasteiger charge is -2.19. The van der Waals surface area contributed by atoms with Crippen molar-refractivity contribution >= 4 is 9.24 Å². The Morgan fingerprint density at radius 3 is 2.86 bits per heavy atom. The largest absolute Gasteiger partial charge is 0.321 e. The number of rotatable bonds is 0. The lowest BCUT2D eigenvalue weighted by molar-refractivity contribution is 0.258. The Bertz CT molecular complexity index is 390. The van der Waals surface area contributed by atoms with E-state index in [1.54, 1.807) is 6.92 Å². The highest BCUT2D eigenvalue weighted by atomic mass is 31.0. The summed E-state index contributed by atoms with van der Waals surface area (Å²) in [4.78, 5) is 0. The number of hydrogen-bond donors (Lipinski definition) is 1. The minimum atomic E-state index is -1.53. The highest BCUT2D eigenvalue weighted by Crippen LogP contribution is 2.46. The molecule has 0 amide bonds. The number of fused-ring (bicyclic) bond motifs is 1. The first-order chi connectivity index (χ1) is 6.42. The van der Waals surface area contributed by atoms with Gasteiger partial charge in [-0.05, 0) is 35.7 Å². The van der Waals surface area contributed by atoms with E-state index in [1.165, 1.54) is 12.1 Å². The van der Waals surface area contributed by atoms with Crippen molar-refractivity contribution < 1.29 is 8.78 Å². The van der Waals surface area contributed by atoms with Crippen LogP contribution < -0.4 is 5.73 Å². The van der Waals surface area contributed by atoms with Crippen molar-refractivity contribution in [3.8, 4) is 0 Å². The molecular formula is C10H12F2NP. The molecule has 1 aliphatic carbocycles. The van der Waals surface area contributed by atoms with Gasteiger partial charge in [-0.2, -0.15) is 0 Å². The fraction of sp³-hybridized carbons (Fsp3) is 0.400. The second kappa shape index (κ2) is 2.98. The van der Waals surface area contributed by atoms with E-state index in [9.17, 15) is 8.78 Å². The molecule has 0 aliphatic heterocycles. The molecule has 3 unspecified atom stereocenters. The first-order valence-corrected chi connectivity index (χ1v) is 5.02. The van der Waals surface area contributed by atoms with E-state index in [1.807, 2.05) is 0 Å². The second-order valence-electron chi connectivity index (χ2n) is 3.88. The van der Waals surface area contributed by atoms with Crippen molar-refractivity contribution in [1.82, 2.24) is 0 Å². The zero-order valence-electron chi connectivity index (χ0n) is 7.85. The molecule has 1 nitrogen and oxygen atoms in total. The molecule has 0 bridgehead atoms. The molecule has 14 heavy (non-hydrogen) atoms. The van der Waals surface area contributed by atoms with Gasteiger partial charge in [0.1, 0.15) is 11.2 Å². The van der Waals surface area contributed by atoms with Crippen LogP contribution in [0.1, 0.15) is 22.7 Å². The van der Waals surface area contributed by atoms with Gasteiger partial charge in [0, 0.05) is 6.42 Å². The van der Waals surface area contributed by atoms with E-state index in [2.05, 4.69) is 9.24 Å². The van der Waals surface area contributed by atoms with Gasteiger partial charge in [0.15, 0.2) is 0 Å². The molecule has 0 saturated heterocycles. The number of aryl methyl sites for hydroxylation is 1. The predicted octanol–water partition coefficient (Wildman–Crippen LogP) is 2.23. The predicted molar refractivity (Wildman–Crippen MR) is 55.3 cm³/mol. The van der Waals surface area contributed by atoms with E-state index in [4.69, 9.17) is 5.73 Å². The number of benzene rings is 1. The molecule has 0 heterocycles. The molecule has 0 aromatic heterocycles. The van der Waals surface area contributed by atoms with Crippen molar-refractivity contribution in [3.63, 3.8) is 0 Å². The third kappa shape index (κ3) is 1.35. The molecule has 2 rings (SSSR count). The van der Waals surface area contributed by atoms with Gasteiger partial charge >= 0.3 is 0 Å². The molecule has 3 atom stereocenters. The number of hydrogen-bond acceptors (Lipinski definition) is 1. The Balaban J connectivity index is 2.59. The molecule has 0 spiro atoms. The summed E-state index contributed by atoms with van der Waals surface area (Å²) < 4.78 is 26.9. The smallest absolute Gasteiger partial charge is 0.146 e. The van der Waals surface area contributed by atoms with Crippen LogP contribution in [0, 0.1) is 12.7 Å². The van der Waals surface area contributed by atoms with E-state index in [0.29, 0.717) is 5.56 Å². The monoisotopic (exact) mass is 215 g/mol. The third-order valence-electron chi connectivity index (χ3n) is 2.73. The van der Waals surface area contributed by atoms with Gasteiger partial charge in [0.05, 0.1) is 6.04 Å². The van der Waals surface area contributed by atoms with Crippen LogP contribution in [0.3, 0.4) is 0 Å². The topological polar surface area (TPSA) is 26.0 Å².